The fourth-order valence-corrected chi connectivity index (χ4v) is 2.49. The molecule has 2 N–H and O–H groups in total. The molecule has 3 aromatic rings. The Bertz CT molecular complexity index is 871. The Morgan fingerprint density at radius 1 is 1.30 bits per heavy atom. The van der Waals surface area contributed by atoms with Crippen molar-refractivity contribution < 1.29 is 14.6 Å². The monoisotopic (exact) mass is 311 g/mol. The Labute approximate surface area is 133 Å². The normalized spacial score (nSPS) is 10.7. The molecule has 6 heteroatoms. The van der Waals surface area contributed by atoms with E-state index in [1.165, 1.54) is 19.2 Å². The van der Waals surface area contributed by atoms with E-state index in [1.54, 1.807) is 6.07 Å². The first kappa shape index (κ1) is 14.9. The van der Waals surface area contributed by atoms with Crippen molar-refractivity contribution >= 4 is 22.9 Å². The zero-order chi connectivity index (χ0) is 16.4. The second kappa shape index (κ2) is 6.00. The Balaban J connectivity index is 1.94. The van der Waals surface area contributed by atoms with Crippen LogP contribution in [0.5, 0.6) is 11.5 Å². The number of rotatable bonds is 4. The van der Waals surface area contributed by atoms with Crippen molar-refractivity contribution in [1.82, 2.24) is 9.55 Å². The summed E-state index contributed by atoms with van der Waals surface area (Å²) in [6, 6.07) is 12.2. The third-order valence-electron chi connectivity index (χ3n) is 3.65. The van der Waals surface area contributed by atoms with Crippen LogP contribution in [0.4, 0.5) is 5.95 Å². The molecule has 1 amide bonds. The summed E-state index contributed by atoms with van der Waals surface area (Å²) in [5.41, 5.74) is 1.92. The Morgan fingerprint density at radius 3 is 2.78 bits per heavy atom. The number of carbonyl (C=O) groups excluding carboxylic acids is 1. The number of aromatic hydroxyl groups is 1. The Morgan fingerprint density at radius 2 is 2.09 bits per heavy atom. The molecule has 1 heterocycles. The van der Waals surface area contributed by atoms with E-state index in [0.29, 0.717) is 18.2 Å². The Hall–Kier alpha value is -3.02. The number of hydrogen-bond acceptors (Lipinski definition) is 4. The second-order valence-electron chi connectivity index (χ2n) is 5.01. The van der Waals surface area contributed by atoms with E-state index >= 15 is 0 Å². The van der Waals surface area contributed by atoms with Gasteiger partial charge in [0.1, 0.15) is 11.5 Å². The predicted octanol–water partition coefficient (Wildman–Crippen LogP) is 3.02. The predicted molar refractivity (Wildman–Crippen MR) is 88.0 cm³/mol. The molecule has 0 atom stereocenters. The lowest BCUT2D eigenvalue weighted by molar-refractivity contribution is 0.102. The highest BCUT2D eigenvalue weighted by atomic mass is 16.5. The first-order valence-electron chi connectivity index (χ1n) is 7.27. The number of aromatic nitrogens is 2. The van der Waals surface area contributed by atoms with Crippen molar-refractivity contribution in [2.45, 2.75) is 13.5 Å². The molecule has 3 rings (SSSR count). The van der Waals surface area contributed by atoms with Gasteiger partial charge in [-0.25, -0.2) is 4.98 Å². The van der Waals surface area contributed by atoms with Crippen LogP contribution in [-0.4, -0.2) is 27.7 Å². The zero-order valence-corrected chi connectivity index (χ0v) is 12.9. The number of benzene rings is 2. The number of anilines is 1. The molecule has 6 nitrogen and oxygen atoms in total. The van der Waals surface area contributed by atoms with Gasteiger partial charge in [-0.05, 0) is 31.2 Å². The minimum atomic E-state index is -0.421. The molecule has 1 aromatic heterocycles. The van der Waals surface area contributed by atoms with E-state index in [1.807, 2.05) is 35.8 Å². The van der Waals surface area contributed by atoms with Gasteiger partial charge in [-0.2, -0.15) is 0 Å². The van der Waals surface area contributed by atoms with Crippen LogP contribution in [0.1, 0.15) is 17.3 Å². The van der Waals surface area contributed by atoms with E-state index in [0.717, 1.165) is 11.0 Å². The van der Waals surface area contributed by atoms with Gasteiger partial charge in [0.2, 0.25) is 5.95 Å². The Kier molecular flexibility index (Phi) is 3.89. The maximum absolute atomic E-state index is 12.4. The van der Waals surface area contributed by atoms with Gasteiger partial charge >= 0.3 is 0 Å². The summed E-state index contributed by atoms with van der Waals surface area (Å²) in [5, 5.41) is 12.7. The lowest BCUT2D eigenvalue weighted by Crippen LogP contribution is -2.16. The van der Waals surface area contributed by atoms with Crippen LogP contribution in [0.25, 0.3) is 11.0 Å². The topological polar surface area (TPSA) is 76.4 Å². The van der Waals surface area contributed by atoms with Crippen LogP contribution in [0, 0.1) is 0 Å². The number of ether oxygens (including phenoxy) is 1. The SMILES string of the molecule is CCn1c(NC(=O)c2ccc(OC)cc2O)nc2ccccc21. The van der Waals surface area contributed by atoms with E-state index in [-0.39, 0.29) is 11.3 Å². The molecule has 0 radical (unpaired) electrons. The fraction of sp³-hybridized carbons (Fsp3) is 0.176. The maximum atomic E-state index is 12.4. The number of carbonyl (C=O) groups is 1. The van der Waals surface area contributed by atoms with Gasteiger partial charge in [-0.3, -0.25) is 10.1 Å². The van der Waals surface area contributed by atoms with Crippen LogP contribution < -0.4 is 10.1 Å². The van der Waals surface area contributed by atoms with Gasteiger partial charge in [-0.15, -0.1) is 0 Å². The molecule has 23 heavy (non-hydrogen) atoms. The molecule has 0 unspecified atom stereocenters. The number of methoxy groups -OCH3 is 1. The number of para-hydroxylation sites is 2. The number of nitrogens with zero attached hydrogens (tertiary/aromatic N) is 2. The summed E-state index contributed by atoms with van der Waals surface area (Å²) >= 11 is 0. The molecule has 2 aromatic carbocycles. The number of aryl methyl sites for hydroxylation is 1. The number of imidazole rings is 1. The zero-order valence-electron chi connectivity index (χ0n) is 12.9. The smallest absolute Gasteiger partial charge is 0.261 e. The highest BCUT2D eigenvalue weighted by Crippen LogP contribution is 2.25. The quantitative estimate of drug-likeness (QED) is 0.776. The van der Waals surface area contributed by atoms with Crippen molar-refractivity contribution in [1.29, 1.82) is 0 Å². The van der Waals surface area contributed by atoms with Crippen molar-refractivity contribution in [3.8, 4) is 11.5 Å². The third-order valence-corrected chi connectivity index (χ3v) is 3.65. The number of hydrogen-bond donors (Lipinski definition) is 2. The molecule has 0 spiro atoms. The minimum absolute atomic E-state index is 0.138. The number of fused-ring (bicyclic) bond motifs is 1. The molecular weight excluding hydrogens is 294 g/mol. The van der Waals surface area contributed by atoms with Crippen LogP contribution in [0.3, 0.4) is 0 Å². The van der Waals surface area contributed by atoms with Crippen molar-refractivity contribution in [2.75, 3.05) is 12.4 Å². The van der Waals surface area contributed by atoms with Crippen LogP contribution in [0.15, 0.2) is 42.5 Å². The first-order valence-corrected chi connectivity index (χ1v) is 7.27. The highest BCUT2D eigenvalue weighted by molar-refractivity contribution is 6.06. The minimum Gasteiger partial charge on any atom is -0.507 e. The van der Waals surface area contributed by atoms with Gasteiger partial charge < -0.3 is 14.4 Å². The molecule has 118 valence electrons. The lowest BCUT2D eigenvalue weighted by Gasteiger charge is -2.09. The molecule has 0 aliphatic rings. The molecule has 0 fully saturated rings. The van der Waals surface area contributed by atoms with Crippen LogP contribution in [0.2, 0.25) is 0 Å². The number of phenols is 1. The molecule has 0 aliphatic carbocycles. The van der Waals surface area contributed by atoms with Crippen LogP contribution >= 0.6 is 0 Å². The van der Waals surface area contributed by atoms with Gasteiger partial charge in [-0.1, -0.05) is 12.1 Å². The second-order valence-corrected chi connectivity index (χ2v) is 5.01. The first-order chi connectivity index (χ1) is 11.1. The summed E-state index contributed by atoms with van der Waals surface area (Å²) in [6.45, 7) is 2.65. The standard InChI is InChI=1S/C17H17N3O3/c1-3-20-14-7-5-4-6-13(14)18-17(20)19-16(22)12-9-8-11(23-2)10-15(12)21/h4-10,21H,3H2,1-2H3,(H,18,19,22). The number of nitrogens with one attached hydrogen (secondary N) is 1. The van der Waals surface area contributed by atoms with Crippen LogP contribution in [-0.2, 0) is 6.54 Å². The average Bonchev–Trinajstić information content (AvgIpc) is 2.91. The summed E-state index contributed by atoms with van der Waals surface area (Å²) in [4.78, 5) is 16.9. The molecular formula is C17H17N3O3. The fourth-order valence-electron chi connectivity index (χ4n) is 2.49. The van der Waals surface area contributed by atoms with Gasteiger partial charge in [0.15, 0.2) is 0 Å². The molecule has 0 aliphatic heterocycles. The average molecular weight is 311 g/mol. The van der Waals surface area contributed by atoms with Crippen molar-refractivity contribution in [3.63, 3.8) is 0 Å². The summed E-state index contributed by atoms with van der Waals surface area (Å²) in [7, 11) is 1.50. The third kappa shape index (κ3) is 2.70. The number of phenolic OH excluding ortho intramolecular Hbond substituents is 1. The van der Waals surface area contributed by atoms with Gasteiger partial charge in [0, 0.05) is 12.6 Å². The summed E-state index contributed by atoms with van der Waals surface area (Å²) in [6.07, 6.45) is 0. The van der Waals surface area contributed by atoms with E-state index in [4.69, 9.17) is 4.74 Å². The maximum Gasteiger partial charge on any atom is 0.261 e. The van der Waals surface area contributed by atoms with E-state index < -0.39 is 5.91 Å². The largest absolute Gasteiger partial charge is 0.507 e. The number of amides is 1. The van der Waals surface area contributed by atoms with Crippen molar-refractivity contribution in [2.24, 2.45) is 0 Å². The molecule has 0 saturated heterocycles. The van der Waals surface area contributed by atoms with Gasteiger partial charge in [0.05, 0.1) is 23.7 Å². The summed E-state index contributed by atoms with van der Waals surface area (Å²) in [5.74, 6) is 0.380. The van der Waals surface area contributed by atoms with E-state index in [9.17, 15) is 9.90 Å². The highest BCUT2D eigenvalue weighted by Gasteiger charge is 2.16. The van der Waals surface area contributed by atoms with Gasteiger partial charge in [0.25, 0.3) is 5.91 Å². The molecule has 0 bridgehead atoms. The lowest BCUT2D eigenvalue weighted by atomic mass is 10.2. The van der Waals surface area contributed by atoms with E-state index in [2.05, 4.69) is 10.3 Å². The van der Waals surface area contributed by atoms with Crippen molar-refractivity contribution in [3.05, 3.63) is 48.0 Å². The molecule has 0 saturated carbocycles. The summed E-state index contributed by atoms with van der Waals surface area (Å²) < 4.78 is 6.93.